The van der Waals surface area contributed by atoms with Crippen molar-refractivity contribution < 1.29 is 5.11 Å². The van der Waals surface area contributed by atoms with Gasteiger partial charge in [-0.25, -0.2) is 4.68 Å². The second-order valence-electron chi connectivity index (χ2n) is 3.52. The van der Waals surface area contributed by atoms with Gasteiger partial charge in [0.25, 0.3) is 0 Å². The Hall–Kier alpha value is -0.550. The van der Waals surface area contributed by atoms with Crippen molar-refractivity contribution in [1.82, 2.24) is 15.0 Å². The van der Waals surface area contributed by atoms with E-state index in [1.807, 2.05) is 10.9 Å². The van der Waals surface area contributed by atoms with Crippen molar-refractivity contribution in [3.05, 3.63) is 11.9 Å². The third-order valence-electron chi connectivity index (χ3n) is 2.56. The Morgan fingerprint density at radius 1 is 1.62 bits per heavy atom. The Morgan fingerprint density at radius 3 is 2.92 bits per heavy atom. The largest absolute Gasteiger partial charge is 0.390 e. The van der Waals surface area contributed by atoms with Crippen LogP contribution in [0.3, 0.4) is 0 Å². The number of hydrogen-bond acceptors (Lipinski definition) is 4. The van der Waals surface area contributed by atoms with Crippen LogP contribution in [0.5, 0.6) is 0 Å². The number of aromatic nitrogens is 3. The highest BCUT2D eigenvalue weighted by Crippen LogP contribution is 2.37. The van der Waals surface area contributed by atoms with Crippen molar-refractivity contribution >= 4 is 12.6 Å². The molecule has 1 aromatic heterocycles. The van der Waals surface area contributed by atoms with Gasteiger partial charge >= 0.3 is 0 Å². The first-order valence-electron chi connectivity index (χ1n) is 4.46. The lowest BCUT2D eigenvalue weighted by Crippen LogP contribution is -2.28. The van der Waals surface area contributed by atoms with Crippen molar-refractivity contribution in [2.75, 3.05) is 5.75 Å². The van der Waals surface area contributed by atoms with Crippen LogP contribution in [0.15, 0.2) is 6.20 Å². The molecule has 5 heteroatoms. The Balaban J connectivity index is 1.95. The molecule has 1 saturated carbocycles. The van der Waals surface area contributed by atoms with E-state index in [0.29, 0.717) is 11.7 Å². The summed E-state index contributed by atoms with van der Waals surface area (Å²) in [6.45, 7) is -0.0251. The second kappa shape index (κ2) is 3.67. The van der Waals surface area contributed by atoms with Crippen molar-refractivity contribution in [2.24, 2.45) is 5.92 Å². The number of thiol groups is 1. The highest BCUT2D eigenvalue weighted by molar-refractivity contribution is 7.80. The van der Waals surface area contributed by atoms with Crippen LogP contribution in [-0.2, 0) is 6.61 Å². The first kappa shape index (κ1) is 9.02. The van der Waals surface area contributed by atoms with E-state index in [9.17, 15) is 0 Å². The van der Waals surface area contributed by atoms with Crippen LogP contribution < -0.4 is 0 Å². The van der Waals surface area contributed by atoms with Crippen molar-refractivity contribution in [1.29, 1.82) is 0 Å². The topological polar surface area (TPSA) is 50.9 Å². The third-order valence-corrected chi connectivity index (χ3v) is 3.08. The van der Waals surface area contributed by atoms with Crippen molar-refractivity contribution in [3.63, 3.8) is 0 Å². The highest BCUT2D eigenvalue weighted by Gasteiger charge is 2.30. The molecular formula is C8H13N3OS. The Bertz CT molecular complexity index is 283. The van der Waals surface area contributed by atoms with Crippen LogP contribution >= 0.6 is 12.6 Å². The molecule has 1 aliphatic rings. The second-order valence-corrected chi connectivity index (χ2v) is 3.89. The summed E-state index contributed by atoms with van der Waals surface area (Å²) in [6.07, 6.45) is 4.09. The van der Waals surface area contributed by atoms with Gasteiger partial charge in [0, 0.05) is 0 Å². The SMILES string of the molecule is OCc1cn(C2CC(CS)C2)nn1. The van der Waals surface area contributed by atoms with Crippen LogP contribution in [0.1, 0.15) is 24.6 Å². The lowest BCUT2D eigenvalue weighted by atomic mass is 9.82. The Labute approximate surface area is 82.4 Å². The Morgan fingerprint density at radius 2 is 2.38 bits per heavy atom. The van der Waals surface area contributed by atoms with Gasteiger partial charge in [0.15, 0.2) is 0 Å². The van der Waals surface area contributed by atoms with Gasteiger partial charge in [-0.1, -0.05) is 5.21 Å². The fourth-order valence-corrected chi connectivity index (χ4v) is 1.93. The van der Waals surface area contributed by atoms with E-state index in [2.05, 4.69) is 22.9 Å². The number of rotatable bonds is 3. The molecule has 1 fully saturated rings. The molecule has 4 nitrogen and oxygen atoms in total. The molecule has 0 unspecified atom stereocenters. The first-order valence-corrected chi connectivity index (χ1v) is 5.09. The molecule has 1 heterocycles. The van der Waals surface area contributed by atoms with E-state index in [0.717, 1.165) is 24.5 Å². The van der Waals surface area contributed by atoms with E-state index in [1.54, 1.807) is 0 Å². The van der Waals surface area contributed by atoms with Crippen molar-refractivity contribution in [2.45, 2.75) is 25.5 Å². The summed E-state index contributed by atoms with van der Waals surface area (Å²) in [5.74, 6) is 1.69. The summed E-state index contributed by atoms with van der Waals surface area (Å²) in [6, 6.07) is 0.477. The molecule has 72 valence electrons. The fourth-order valence-electron chi connectivity index (χ4n) is 1.63. The minimum Gasteiger partial charge on any atom is -0.390 e. The summed E-state index contributed by atoms with van der Waals surface area (Å²) < 4.78 is 1.85. The molecule has 0 saturated heterocycles. The van der Waals surface area contributed by atoms with Gasteiger partial charge in [-0.15, -0.1) is 5.10 Å². The van der Waals surface area contributed by atoms with Gasteiger partial charge in [-0.2, -0.15) is 12.6 Å². The van der Waals surface area contributed by atoms with E-state index in [1.165, 1.54) is 0 Å². The normalized spacial score (nSPS) is 27.2. The predicted molar refractivity (Wildman–Crippen MR) is 51.6 cm³/mol. The van der Waals surface area contributed by atoms with Gasteiger partial charge in [0.05, 0.1) is 18.8 Å². The summed E-state index contributed by atoms with van der Waals surface area (Å²) in [5.41, 5.74) is 0.648. The molecular weight excluding hydrogens is 186 g/mol. The maximum absolute atomic E-state index is 8.79. The molecule has 0 radical (unpaired) electrons. The standard InChI is InChI=1S/C8H13N3OS/c12-4-7-3-11(10-9-7)8-1-6(2-8)5-13/h3,6,8,12-13H,1-2,4-5H2. The lowest BCUT2D eigenvalue weighted by Gasteiger charge is -2.33. The minimum absolute atomic E-state index is 0.0251. The van der Waals surface area contributed by atoms with Gasteiger partial charge < -0.3 is 5.11 Å². The summed E-state index contributed by atoms with van der Waals surface area (Å²) in [5, 5.41) is 16.6. The van der Waals surface area contributed by atoms with Gasteiger partial charge in [-0.3, -0.25) is 0 Å². The van der Waals surface area contributed by atoms with Crippen LogP contribution in [0.4, 0.5) is 0 Å². The minimum atomic E-state index is -0.0251. The van der Waals surface area contributed by atoms with Gasteiger partial charge in [0.2, 0.25) is 0 Å². The van der Waals surface area contributed by atoms with Crippen LogP contribution in [0.2, 0.25) is 0 Å². The van der Waals surface area contributed by atoms with E-state index < -0.39 is 0 Å². The molecule has 1 aromatic rings. The lowest BCUT2D eigenvalue weighted by molar-refractivity contribution is 0.201. The van der Waals surface area contributed by atoms with Gasteiger partial charge in [0.1, 0.15) is 5.69 Å². The first-order chi connectivity index (χ1) is 6.33. The van der Waals surface area contributed by atoms with Crippen LogP contribution in [0.25, 0.3) is 0 Å². The molecule has 0 aliphatic heterocycles. The zero-order valence-corrected chi connectivity index (χ0v) is 8.19. The summed E-state index contributed by atoms with van der Waals surface area (Å²) in [4.78, 5) is 0. The van der Waals surface area contributed by atoms with Crippen LogP contribution in [0, 0.1) is 5.92 Å². The van der Waals surface area contributed by atoms with Crippen LogP contribution in [-0.4, -0.2) is 25.9 Å². The smallest absolute Gasteiger partial charge is 0.108 e. The molecule has 0 bridgehead atoms. The highest BCUT2D eigenvalue weighted by atomic mass is 32.1. The molecule has 0 spiro atoms. The number of aliphatic hydroxyl groups excluding tert-OH is 1. The zero-order valence-electron chi connectivity index (χ0n) is 7.30. The molecule has 0 aromatic carbocycles. The maximum atomic E-state index is 8.79. The molecule has 1 aliphatic carbocycles. The number of aliphatic hydroxyl groups is 1. The van der Waals surface area contributed by atoms with Crippen molar-refractivity contribution in [3.8, 4) is 0 Å². The maximum Gasteiger partial charge on any atom is 0.108 e. The van der Waals surface area contributed by atoms with E-state index in [4.69, 9.17) is 5.11 Å². The number of hydrogen-bond donors (Lipinski definition) is 2. The predicted octanol–water partition coefficient (Wildman–Crippen LogP) is 0.651. The quantitative estimate of drug-likeness (QED) is 0.703. The average molecular weight is 199 g/mol. The monoisotopic (exact) mass is 199 g/mol. The molecule has 1 N–H and O–H groups in total. The molecule has 0 atom stereocenters. The summed E-state index contributed by atoms with van der Waals surface area (Å²) in [7, 11) is 0. The van der Waals surface area contributed by atoms with E-state index >= 15 is 0 Å². The molecule has 2 rings (SSSR count). The zero-order chi connectivity index (χ0) is 9.26. The molecule has 13 heavy (non-hydrogen) atoms. The van der Waals surface area contributed by atoms with Gasteiger partial charge in [-0.05, 0) is 24.5 Å². The third kappa shape index (κ3) is 1.71. The number of nitrogens with zero attached hydrogens (tertiary/aromatic N) is 3. The molecule has 0 amide bonds. The average Bonchev–Trinajstić information content (AvgIpc) is 2.51. The summed E-state index contributed by atoms with van der Waals surface area (Å²) >= 11 is 4.24. The Kier molecular flexibility index (Phi) is 2.55. The fraction of sp³-hybridized carbons (Fsp3) is 0.750. The van der Waals surface area contributed by atoms with E-state index in [-0.39, 0.29) is 6.61 Å².